The Morgan fingerprint density at radius 3 is 2.67 bits per heavy atom. The summed E-state index contributed by atoms with van der Waals surface area (Å²) in [6, 6.07) is 14.5. The Bertz CT molecular complexity index is 1410. The van der Waals surface area contributed by atoms with E-state index in [1.165, 1.54) is 12.3 Å². The summed E-state index contributed by atoms with van der Waals surface area (Å²) < 4.78 is 34.9. The molecule has 2 aromatic carbocycles. The normalized spacial score (nSPS) is 15.2. The summed E-state index contributed by atoms with van der Waals surface area (Å²) in [5.74, 6) is -0.346. The van der Waals surface area contributed by atoms with Crippen LogP contribution in [-0.4, -0.2) is 35.2 Å². The van der Waals surface area contributed by atoms with E-state index in [0.717, 1.165) is 11.1 Å². The van der Waals surface area contributed by atoms with Crippen LogP contribution in [0.25, 0.3) is 11.1 Å². The lowest BCUT2D eigenvalue weighted by Crippen LogP contribution is -2.29. The lowest BCUT2D eigenvalue weighted by atomic mass is 9.93. The molecule has 9 nitrogen and oxygen atoms in total. The van der Waals surface area contributed by atoms with Crippen molar-refractivity contribution in [3.8, 4) is 11.1 Å². The summed E-state index contributed by atoms with van der Waals surface area (Å²) in [6.45, 7) is 0. The van der Waals surface area contributed by atoms with Gasteiger partial charge in [-0.05, 0) is 29.7 Å². The first-order chi connectivity index (χ1) is 16.0. The monoisotopic (exact) mass is 461 g/mol. The number of fused-ring (bicyclic) bond motifs is 1. The lowest BCUT2D eigenvalue weighted by molar-refractivity contribution is -0.113. The maximum absolute atomic E-state index is 12.9. The number of aromatic amines is 1. The molecule has 1 aliphatic rings. The van der Waals surface area contributed by atoms with Gasteiger partial charge in [-0.25, -0.2) is 4.98 Å². The van der Waals surface area contributed by atoms with Crippen LogP contribution < -0.4 is 5.32 Å². The molecule has 0 amide bonds. The number of hydrogen-bond acceptors (Lipinski definition) is 7. The number of nitrogens with zero attached hydrogens (tertiary/aromatic N) is 3. The van der Waals surface area contributed by atoms with Crippen molar-refractivity contribution >= 4 is 27.3 Å². The number of amidine groups is 1. The fourth-order valence-electron chi connectivity index (χ4n) is 3.79. The van der Waals surface area contributed by atoms with Gasteiger partial charge in [0, 0.05) is 18.2 Å². The molecule has 0 bridgehead atoms. The van der Waals surface area contributed by atoms with E-state index in [0.29, 0.717) is 23.6 Å². The van der Waals surface area contributed by atoms with E-state index >= 15 is 0 Å². The van der Waals surface area contributed by atoms with Crippen molar-refractivity contribution in [2.24, 2.45) is 4.40 Å². The zero-order chi connectivity index (χ0) is 22.8. The molecule has 1 aliphatic heterocycles. The minimum Gasteiger partial charge on any atom is -0.448 e. The van der Waals surface area contributed by atoms with Gasteiger partial charge in [0.15, 0.2) is 11.6 Å². The number of anilines is 1. The van der Waals surface area contributed by atoms with Crippen molar-refractivity contribution in [3.05, 3.63) is 84.8 Å². The molecule has 0 aliphatic carbocycles. The van der Waals surface area contributed by atoms with Gasteiger partial charge in [0.05, 0.1) is 24.0 Å². The van der Waals surface area contributed by atoms with Crippen molar-refractivity contribution in [2.75, 3.05) is 5.32 Å². The molecule has 2 N–H and O–H groups in total. The summed E-state index contributed by atoms with van der Waals surface area (Å²) in [5.41, 5.74) is 2.69. The Kier molecular flexibility index (Phi) is 5.35. The van der Waals surface area contributed by atoms with E-state index in [1.807, 2.05) is 30.3 Å². The highest BCUT2D eigenvalue weighted by Gasteiger charge is 2.29. The topological polar surface area (TPSA) is 130 Å². The zero-order valence-corrected chi connectivity index (χ0v) is 18.1. The fourth-order valence-corrected chi connectivity index (χ4v) is 4.95. The average Bonchev–Trinajstić information content (AvgIpc) is 3.54. The van der Waals surface area contributed by atoms with Gasteiger partial charge in [-0.3, -0.25) is 9.89 Å². The third-order valence-electron chi connectivity index (χ3n) is 5.43. The van der Waals surface area contributed by atoms with Gasteiger partial charge in [0.1, 0.15) is 11.2 Å². The van der Waals surface area contributed by atoms with E-state index in [2.05, 4.69) is 24.9 Å². The van der Waals surface area contributed by atoms with Crippen LogP contribution in [0, 0.1) is 0 Å². The number of nitrogens with one attached hydrogen (secondary N) is 2. The molecule has 33 heavy (non-hydrogen) atoms. The number of carbonyl (C=O) groups is 1. The van der Waals surface area contributed by atoms with Crippen LogP contribution in [0.5, 0.6) is 0 Å². The first-order valence-electron chi connectivity index (χ1n) is 10.2. The Labute approximate surface area is 189 Å². The smallest absolute Gasteiger partial charge is 0.286 e. The number of hydrogen-bond donors (Lipinski definition) is 2. The Balaban J connectivity index is 1.37. The summed E-state index contributed by atoms with van der Waals surface area (Å²) in [6.07, 6.45) is 6.75. The molecule has 0 spiro atoms. The van der Waals surface area contributed by atoms with Crippen molar-refractivity contribution in [1.29, 1.82) is 0 Å². The molecule has 166 valence electrons. The van der Waals surface area contributed by atoms with Crippen LogP contribution >= 0.6 is 0 Å². The third-order valence-corrected chi connectivity index (χ3v) is 6.75. The molecule has 1 unspecified atom stereocenters. The standard InChI is InChI=1S/C23H19N5O4S/c29-20(9-7-18(23-24-10-11-32-23)15-4-2-1-3-5-15)22-27-19-8-6-16(17-13-25-26-14-17)12-21(19)33(30,31)28-22/h1-6,8,10-14,18H,7,9H2,(H,25,26)(H,27,28). The van der Waals surface area contributed by atoms with E-state index in [-0.39, 0.29) is 23.1 Å². The van der Waals surface area contributed by atoms with Gasteiger partial charge >= 0.3 is 0 Å². The van der Waals surface area contributed by atoms with Crippen LogP contribution in [0.4, 0.5) is 5.69 Å². The number of carbonyl (C=O) groups excluding carboxylic acids is 1. The number of ketones is 1. The molecule has 5 rings (SSSR count). The minimum atomic E-state index is -4.04. The van der Waals surface area contributed by atoms with Crippen LogP contribution in [0.15, 0.2) is 87.1 Å². The van der Waals surface area contributed by atoms with Crippen LogP contribution in [0.1, 0.15) is 30.2 Å². The number of aromatic nitrogens is 3. The molecule has 0 fully saturated rings. The molecule has 3 heterocycles. The first-order valence-corrected chi connectivity index (χ1v) is 11.7. The van der Waals surface area contributed by atoms with Crippen molar-refractivity contribution in [2.45, 2.75) is 23.7 Å². The number of oxazole rings is 1. The van der Waals surface area contributed by atoms with Crippen molar-refractivity contribution in [1.82, 2.24) is 15.2 Å². The molecule has 4 aromatic rings. The highest BCUT2D eigenvalue weighted by atomic mass is 32.2. The molecular formula is C23H19N5O4S. The maximum Gasteiger partial charge on any atom is 0.286 e. The van der Waals surface area contributed by atoms with Gasteiger partial charge in [0.2, 0.25) is 5.89 Å². The predicted molar refractivity (Wildman–Crippen MR) is 121 cm³/mol. The Morgan fingerprint density at radius 2 is 1.94 bits per heavy atom. The van der Waals surface area contributed by atoms with Gasteiger partial charge in [-0.1, -0.05) is 36.4 Å². The van der Waals surface area contributed by atoms with E-state index < -0.39 is 15.8 Å². The second-order valence-corrected chi connectivity index (χ2v) is 9.11. The van der Waals surface area contributed by atoms with E-state index in [9.17, 15) is 13.2 Å². The maximum atomic E-state index is 12.9. The first kappa shape index (κ1) is 20.8. The summed E-state index contributed by atoms with van der Waals surface area (Å²) >= 11 is 0. The van der Waals surface area contributed by atoms with E-state index in [1.54, 1.807) is 30.7 Å². The minimum absolute atomic E-state index is 0.0136. The second-order valence-electron chi connectivity index (χ2n) is 7.53. The second kappa shape index (κ2) is 8.47. The molecule has 10 heteroatoms. The van der Waals surface area contributed by atoms with Crippen molar-refractivity contribution in [3.63, 3.8) is 0 Å². The van der Waals surface area contributed by atoms with Crippen LogP contribution in [0.2, 0.25) is 0 Å². The SMILES string of the molecule is O=C(CCC(c1ccccc1)c1ncco1)C1=NS(=O)(=O)c2cc(-c3cn[nH]c3)ccc2N1. The quantitative estimate of drug-likeness (QED) is 0.428. The molecule has 0 radical (unpaired) electrons. The summed E-state index contributed by atoms with van der Waals surface area (Å²) in [4.78, 5) is 17.2. The summed E-state index contributed by atoms with van der Waals surface area (Å²) in [5, 5.41) is 9.46. The van der Waals surface area contributed by atoms with Gasteiger partial charge in [0.25, 0.3) is 10.0 Å². The number of benzene rings is 2. The Hall–Kier alpha value is -4.05. The molecule has 0 saturated heterocycles. The van der Waals surface area contributed by atoms with Gasteiger partial charge in [-0.2, -0.15) is 13.5 Å². The van der Waals surface area contributed by atoms with Gasteiger partial charge in [-0.15, -0.1) is 4.40 Å². The molecular weight excluding hydrogens is 442 g/mol. The van der Waals surface area contributed by atoms with Crippen molar-refractivity contribution < 1.29 is 17.6 Å². The van der Waals surface area contributed by atoms with Crippen LogP contribution in [0.3, 0.4) is 0 Å². The zero-order valence-electron chi connectivity index (χ0n) is 17.3. The molecule has 0 saturated carbocycles. The average molecular weight is 462 g/mol. The third kappa shape index (κ3) is 4.20. The number of Topliss-reactive ketones (excluding diaryl/α,β-unsaturated/α-hetero) is 1. The van der Waals surface area contributed by atoms with Crippen LogP contribution in [-0.2, 0) is 14.8 Å². The highest BCUT2D eigenvalue weighted by Crippen LogP contribution is 2.33. The number of sulfonamides is 1. The predicted octanol–water partition coefficient (Wildman–Crippen LogP) is 3.76. The summed E-state index contributed by atoms with van der Waals surface area (Å²) in [7, 11) is -4.04. The number of H-pyrrole nitrogens is 1. The Morgan fingerprint density at radius 1 is 1.09 bits per heavy atom. The molecule has 1 atom stereocenters. The van der Waals surface area contributed by atoms with E-state index in [4.69, 9.17) is 4.42 Å². The fraction of sp³-hybridized carbons (Fsp3) is 0.130. The molecule has 2 aromatic heterocycles. The van der Waals surface area contributed by atoms with Gasteiger partial charge < -0.3 is 9.73 Å². The lowest BCUT2D eigenvalue weighted by Gasteiger charge is -2.19. The largest absolute Gasteiger partial charge is 0.448 e. The number of rotatable bonds is 7. The highest BCUT2D eigenvalue weighted by molar-refractivity contribution is 7.90.